The van der Waals surface area contributed by atoms with Gasteiger partial charge in [-0.25, -0.2) is 4.39 Å². The lowest BCUT2D eigenvalue weighted by Crippen LogP contribution is -1.92. The van der Waals surface area contributed by atoms with Gasteiger partial charge in [-0.1, -0.05) is 18.5 Å². The molecule has 2 N–H and O–H groups in total. The molecule has 3 aromatic rings. The second kappa shape index (κ2) is 3.85. The predicted molar refractivity (Wildman–Crippen MR) is 69.6 cm³/mol. The molecule has 0 aliphatic heterocycles. The van der Waals surface area contributed by atoms with Crippen molar-refractivity contribution in [2.45, 2.75) is 13.3 Å². The van der Waals surface area contributed by atoms with E-state index < -0.39 is 5.82 Å². The summed E-state index contributed by atoms with van der Waals surface area (Å²) in [4.78, 5) is 0. The first-order valence-corrected chi connectivity index (χ1v) is 5.97. The number of rotatable bonds is 1. The van der Waals surface area contributed by atoms with Crippen molar-refractivity contribution in [1.82, 2.24) is 10.2 Å². The van der Waals surface area contributed by atoms with Crippen molar-refractivity contribution in [3.8, 4) is 5.75 Å². The number of aromatic hydroxyl groups is 1. The number of aromatic amines is 1. The lowest BCUT2D eigenvalue weighted by atomic mass is 9.99. The molecule has 0 saturated heterocycles. The zero-order valence-corrected chi connectivity index (χ0v) is 10.3. The smallest absolute Gasteiger partial charge is 0.134 e. The van der Waals surface area contributed by atoms with E-state index in [1.54, 1.807) is 6.07 Å². The fourth-order valence-electron chi connectivity index (χ4n) is 2.31. The Morgan fingerprint density at radius 3 is 2.89 bits per heavy atom. The van der Waals surface area contributed by atoms with Crippen molar-refractivity contribution >= 4 is 33.3 Å². The number of H-pyrrole nitrogens is 1. The average Bonchev–Trinajstić information content (AvgIpc) is 2.79. The van der Waals surface area contributed by atoms with Crippen LogP contribution in [0.2, 0.25) is 5.02 Å². The molecule has 0 spiro atoms. The summed E-state index contributed by atoms with van der Waals surface area (Å²) in [5, 5.41) is 18.9. The minimum Gasteiger partial charge on any atom is -0.507 e. The summed E-state index contributed by atoms with van der Waals surface area (Å²) in [5.74, 6) is -0.373. The van der Waals surface area contributed by atoms with Crippen molar-refractivity contribution in [3.05, 3.63) is 34.7 Å². The number of phenolic OH excluding ortho intramolecular Hbond substituents is 1. The van der Waals surface area contributed by atoms with E-state index >= 15 is 0 Å². The second-order valence-electron chi connectivity index (χ2n) is 4.15. The first-order chi connectivity index (χ1) is 8.63. The number of aromatic nitrogens is 2. The molecule has 92 valence electrons. The maximum atomic E-state index is 13.9. The molecule has 0 fully saturated rings. The molecule has 0 radical (unpaired) electrons. The third kappa shape index (κ3) is 1.39. The number of aryl methyl sites for hydroxylation is 1. The van der Waals surface area contributed by atoms with E-state index in [-0.39, 0.29) is 10.8 Å². The van der Waals surface area contributed by atoms with Crippen LogP contribution >= 0.6 is 11.6 Å². The van der Waals surface area contributed by atoms with Gasteiger partial charge in [-0.15, -0.1) is 0 Å². The van der Waals surface area contributed by atoms with Gasteiger partial charge >= 0.3 is 0 Å². The molecule has 3 nitrogen and oxygen atoms in total. The third-order valence-electron chi connectivity index (χ3n) is 3.17. The van der Waals surface area contributed by atoms with Crippen LogP contribution in [-0.2, 0) is 6.42 Å². The van der Waals surface area contributed by atoms with E-state index in [1.807, 2.05) is 6.92 Å². The Bertz CT molecular complexity index is 767. The molecule has 0 unspecified atom stereocenters. The Morgan fingerprint density at radius 1 is 1.39 bits per heavy atom. The first kappa shape index (κ1) is 11.3. The first-order valence-electron chi connectivity index (χ1n) is 5.59. The van der Waals surface area contributed by atoms with E-state index in [9.17, 15) is 9.50 Å². The summed E-state index contributed by atoms with van der Waals surface area (Å²) < 4.78 is 13.9. The van der Waals surface area contributed by atoms with Gasteiger partial charge in [-0.05, 0) is 24.1 Å². The number of halogens is 2. The van der Waals surface area contributed by atoms with Gasteiger partial charge in [-0.3, -0.25) is 5.10 Å². The van der Waals surface area contributed by atoms with E-state index in [2.05, 4.69) is 10.2 Å². The summed E-state index contributed by atoms with van der Waals surface area (Å²) >= 11 is 6.05. The topological polar surface area (TPSA) is 48.9 Å². The highest BCUT2D eigenvalue weighted by molar-refractivity contribution is 6.36. The second-order valence-corrected chi connectivity index (χ2v) is 4.56. The Kier molecular flexibility index (Phi) is 2.41. The standard InChI is InChI=1S/C13H10ClFN2O/c1-2-6-10(15)4-9(14)7-3-11-8(5-16-17-11)13(18)12(6)7/h3-5,18H,2H2,1H3,(H,16,17). The van der Waals surface area contributed by atoms with Gasteiger partial charge in [0, 0.05) is 10.8 Å². The van der Waals surface area contributed by atoms with Crippen LogP contribution in [0.25, 0.3) is 21.7 Å². The fourth-order valence-corrected chi connectivity index (χ4v) is 2.55. The molecule has 0 aliphatic carbocycles. The molecule has 1 heterocycles. The van der Waals surface area contributed by atoms with E-state index in [4.69, 9.17) is 11.6 Å². The number of nitrogens with zero attached hydrogens (tertiary/aromatic N) is 1. The van der Waals surface area contributed by atoms with Crippen LogP contribution < -0.4 is 0 Å². The number of benzene rings is 2. The molecular formula is C13H10ClFN2O. The summed E-state index contributed by atoms with van der Waals surface area (Å²) in [7, 11) is 0. The number of hydrogen-bond donors (Lipinski definition) is 2. The van der Waals surface area contributed by atoms with Crippen LogP contribution in [-0.4, -0.2) is 15.3 Å². The van der Waals surface area contributed by atoms with Gasteiger partial charge < -0.3 is 5.11 Å². The van der Waals surface area contributed by atoms with Crippen molar-refractivity contribution in [2.75, 3.05) is 0 Å². The van der Waals surface area contributed by atoms with Gasteiger partial charge in [0.1, 0.15) is 11.6 Å². The number of hydrogen-bond acceptors (Lipinski definition) is 2. The molecule has 3 rings (SSSR count). The SMILES string of the molecule is CCc1c(F)cc(Cl)c2cc3[nH]ncc3c(O)c12. The van der Waals surface area contributed by atoms with Gasteiger partial charge in [-0.2, -0.15) is 5.10 Å². The highest BCUT2D eigenvalue weighted by Crippen LogP contribution is 2.39. The van der Waals surface area contributed by atoms with Crippen LogP contribution in [0.1, 0.15) is 12.5 Å². The predicted octanol–water partition coefficient (Wildman–Crippen LogP) is 3.78. The molecule has 1 aromatic heterocycles. The lowest BCUT2D eigenvalue weighted by molar-refractivity contribution is 0.486. The minimum absolute atomic E-state index is 0.0227. The van der Waals surface area contributed by atoms with Crippen LogP contribution in [0.3, 0.4) is 0 Å². The zero-order valence-electron chi connectivity index (χ0n) is 9.59. The number of phenols is 1. The average molecular weight is 265 g/mol. The Balaban J connectivity index is 2.62. The maximum Gasteiger partial charge on any atom is 0.134 e. The molecule has 0 amide bonds. The zero-order chi connectivity index (χ0) is 12.9. The number of nitrogens with one attached hydrogen (secondary N) is 1. The summed E-state index contributed by atoms with van der Waals surface area (Å²) in [5.41, 5.74) is 1.14. The molecule has 0 atom stereocenters. The van der Waals surface area contributed by atoms with Crippen LogP contribution in [0.5, 0.6) is 5.75 Å². The van der Waals surface area contributed by atoms with Crippen molar-refractivity contribution in [1.29, 1.82) is 0 Å². The fraction of sp³-hybridized carbons (Fsp3) is 0.154. The van der Waals surface area contributed by atoms with E-state index in [0.717, 1.165) is 0 Å². The van der Waals surface area contributed by atoms with Crippen molar-refractivity contribution in [3.63, 3.8) is 0 Å². The highest BCUT2D eigenvalue weighted by atomic mass is 35.5. The van der Waals surface area contributed by atoms with Crippen LogP contribution in [0, 0.1) is 5.82 Å². The molecule has 2 aromatic carbocycles. The van der Waals surface area contributed by atoms with E-state index in [0.29, 0.717) is 33.7 Å². The Labute approximate surface area is 107 Å². The third-order valence-corrected chi connectivity index (χ3v) is 3.49. The van der Waals surface area contributed by atoms with E-state index in [1.165, 1.54) is 12.3 Å². The van der Waals surface area contributed by atoms with Crippen molar-refractivity contribution < 1.29 is 9.50 Å². The van der Waals surface area contributed by atoms with Gasteiger partial charge in [0.2, 0.25) is 0 Å². The molecular weight excluding hydrogens is 255 g/mol. The molecule has 5 heteroatoms. The van der Waals surface area contributed by atoms with Gasteiger partial charge in [0.15, 0.2) is 0 Å². The van der Waals surface area contributed by atoms with Gasteiger partial charge in [0.05, 0.1) is 22.1 Å². The maximum absolute atomic E-state index is 13.9. The van der Waals surface area contributed by atoms with Crippen molar-refractivity contribution in [2.24, 2.45) is 0 Å². The number of fused-ring (bicyclic) bond motifs is 2. The van der Waals surface area contributed by atoms with Gasteiger partial charge in [0.25, 0.3) is 0 Å². The quantitative estimate of drug-likeness (QED) is 0.703. The Morgan fingerprint density at radius 2 is 2.17 bits per heavy atom. The summed E-state index contributed by atoms with van der Waals surface area (Å²) in [6.45, 7) is 1.84. The highest BCUT2D eigenvalue weighted by Gasteiger charge is 2.16. The molecule has 0 saturated carbocycles. The largest absolute Gasteiger partial charge is 0.507 e. The summed E-state index contributed by atoms with van der Waals surface area (Å²) in [6, 6.07) is 3.06. The Hall–Kier alpha value is -1.81. The lowest BCUT2D eigenvalue weighted by Gasteiger charge is -2.10. The normalized spacial score (nSPS) is 11.5. The molecule has 0 aliphatic rings. The molecule has 0 bridgehead atoms. The minimum atomic E-state index is -0.395. The van der Waals surface area contributed by atoms with Crippen LogP contribution in [0.15, 0.2) is 18.3 Å². The summed E-state index contributed by atoms with van der Waals surface area (Å²) in [6.07, 6.45) is 2.00. The monoisotopic (exact) mass is 264 g/mol. The van der Waals surface area contributed by atoms with Crippen LogP contribution in [0.4, 0.5) is 4.39 Å². The molecule has 18 heavy (non-hydrogen) atoms.